The number of benzene rings is 2. The van der Waals surface area contributed by atoms with Gasteiger partial charge in [-0.25, -0.2) is 18.4 Å². The average Bonchev–Trinajstić information content (AvgIpc) is 3.17. The van der Waals surface area contributed by atoms with Crippen molar-refractivity contribution in [2.45, 2.75) is 142 Å². The van der Waals surface area contributed by atoms with Gasteiger partial charge in [-0.15, -0.1) is 0 Å². The number of ketones is 2. The number of hydrogen-bond donors (Lipinski definition) is 4. The molecule has 0 unspecified atom stereocenters. The highest BCUT2D eigenvalue weighted by Gasteiger charge is 2.62. The maximum absolute atomic E-state index is 15.1. The van der Waals surface area contributed by atoms with Crippen LogP contribution in [0.2, 0.25) is 0 Å². The highest BCUT2D eigenvalue weighted by molar-refractivity contribution is 5.95. The van der Waals surface area contributed by atoms with Crippen LogP contribution in [-0.4, -0.2) is 102 Å². The minimum Gasteiger partial charge on any atom is -0.444 e. The SMILES string of the molecule is CC(C)C[C@@H](NC(=O)[C@H](CC(=O)[C@@H](Cc1ccccc1)NC(=O)OC(C)(C)C)Cc1ccccc1)C(=O)C[C@H](CCCCNC(=O)OC(C)(C)C)C(=O)N1CC2(CCNCC2(F)F)C1. The molecule has 2 saturated heterocycles. The molecule has 4 N–H and O–H groups in total. The number of ether oxygens (including phenoxy) is 2. The second-order valence-corrected chi connectivity index (χ2v) is 20.0. The van der Waals surface area contributed by atoms with Crippen LogP contribution >= 0.6 is 0 Å². The zero-order valence-corrected chi connectivity index (χ0v) is 39.0. The molecule has 0 radical (unpaired) electrons. The number of nitrogens with one attached hydrogen (secondary N) is 4. The molecule has 4 rings (SSSR count). The molecular formula is C49H71F2N5O8. The molecular weight excluding hydrogens is 825 g/mol. The minimum absolute atomic E-state index is 0.0535. The number of nitrogens with zero attached hydrogens (tertiary/aromatic N) is 1. The number of rotatable bonds is 21. The molecule has 13 nitrogen and oxygen atoms in total. The summed E-state index contributed by atoms with van der Waals surface area (Å²) in [5.41, 5.74) is -1.23. The quantitative estimate of drug-likeness (QED) is 0.0947. The van der Waals surface area contributed by atoms with Crippen LogP contribution in [0.15, 0.2) is 60.7 Å². The molecule has 2 aromatic rings. The van der Waals surface area contributed by atoms with Crippen LogP contribution < -0.4 is 21.3 Å². The number of carbonyl (C=O) groups is 6. The molecule has 0 bridgehead atoms. The van der Waals surface area contributed by atoms with Crippen molar-refractivity contribution >= 4 is 35.6 Å². The Labute approximate surface area is 377 Å². The van der Waals surface area contributed by atoms with Gasteiger partial charge in [-0.2, -0.15) is 0 Å². The fourth-order valence-electron chi connectivity index (χ4n) is 8.27. The van der Waals surface area contributed by atoms with Gasteiger partial charge in [0.1, 0.15) is 11.2 Å². The van der Waals surface area contributed by atoms with E-state index in [-0.39, 0.29) is 76.3 Å². The molecule has 2 aromatic carbocycles. The van der Waals surface area contributed by atoms with Crippen molar-refractivity contribution < 1.29 is 47.0 Å². The first-order valence-electron chi connectivity index (χ1n) is 22.7. The molecule has 2 aliphatic heterocycles. The summed E-state index contributed by atoms with van der Waals surface area (Å²) in [5.74, 6) is -6.52. The summed E-state index contributed by atoms with van der Waals surface area (Å²) in [5, 5.41) is 11.1. The van der Waals surface area contributed by atoms with Crippen molar-refractivity contribution in [3.63, 3.8) is 0 Å². The molecule has 2 fully saturated rings. The Morgan fingerprint density at radius 1 is 0.734 bits per heavy atom. The number of hydrogen-bond acceptors (Lipinski definition) is 9. The number of alkyl halides is 2. The Morgan fingerprint density at radius 2 is 1.28 bits per heavy atom. The molecule has 0 aliphatic carbocycles. The summed E-state index contributed by atoms with van der Waals surface area (Å²) in [6.07, 6.45) is 0.135. The number of likely N-dealkylation sites (tertiary alicyclic amines) is 1. The van der Waals surface area contributed by atoms with Gasteiger partial charge in [0, 0.05) is 44.3 Å². The predicted octanol–water partition coefficient (Wildman–Crippen LogP) is 7.20. The van der Waals surface area contributed by atoms with Gasteiger partial charge in [0.2, 0.25) is 11.8 Å². The van der Waals surface area contributed by atoms with Crippen molar-refractivity contribution in [3.8, 4) is 0 Å². The predicted molar refractivity (Wildman–Crippen MR) is 241 cm³/mol. The molecule has 64 heavy (non-hydrogen) atoms. The molecule has 0 saturated carbocycles. The van der Waals surface area contributed by atoms with E-state index in [0.29, 0.717) is 19.4 Å². The van der Waals surface area contributed by atoms with Crippen molar-refractivity contribution in [1.29, 1.82) is 0 Å². The molecule has 4 atom stereocenters. The van der Waals surface area contributed by atoms with E-state index in [9.17, 15) is 28.8 Å². The maximum Gasteiger partial charge on any atom is 0.408 e. The normalized spacial score (nSPS) is 17.6. The molecule has 4 amide bonds. The smallest absolute Gasteiger partial charge is 0.408 e. The van der Waals surface area contributed by atoms with Crippen LogP contribution in [-0.2, 0) is 41.5 Å². The number of amides is 4. The van der Waals surface area contributed by atoms with Gasteiger partial charge in [0.05, 0.1) is 24.0 Å². The van der Waals surface area contributed by atoms with Gasteiger partial charge in [0.25, 0.3) is 5.92 Å². The second-order valence-electron chi connectivity index (χ2n) is 20.0. The summed E-state index contributed by atoms with van der Waals surface area (Å²) < 4.78 is 41.0. The molecule has 2 aliphatic rings. The highest BCUT2D eigenvalue weighted by Crippen LogP contribution is 2.49. The lowest BCUT2D eigenvalue weighted by atomic mass is 9.69. The van der Waals surface area contributed by atoms with E-state index in [1.807, 2.05) is 74.5 Å². The highest BCUT2D eigenvalue weighted by atomic mass is 19.3. The monoisotopic (exact) mass is 896 g/mol. The summed E-state index contributed by atoms with van der Waals surface area (Å²) in [6.45, 7) is 14.3. The lowest BCUT2D eigenvalue weighted by Crippen LogP contribution is -2.71. The van der Waals surface area contributed by atoms with Gasteiger partial charge in [0.15, 0.2) is 11.6 Å². The Hall–Kier alpha value is -4.92. The van der Waals surface area contributed by atoms with E-state index in [0.717, 1.165) is 11.1 Å². The number of halogens is 2. The fourth-order valence-corrected chi connectivity index (χ4v) is 8.27. The molecule has 2 heterocycles. The molecule has 0 aromatic heterocycles. The molecule has 1 spiro atoms. The summed E-state index contributed by atoms with van der Waals surface area (Å²) in [6, 6.07) is 16.4. The average molecular weight is 896 g/mol. The summed E-state index contributed by atoms with van der Waals surface area (Å²) >= 11 is 0. The van der Waals surface area contributed by atoms with Crippen LogP contribution in [0.1, 0.15) is 111 Å². The Bertz CT molecular complexity index is 1880. The van der Waals surface area contributed by atoms with Crippen molar-refractivity contribution in [2.24, 2.45) is 23.2 Å². The van der Waals surface area contributed by atoms with Gasteiger partial charge in [-0.05, 0) is 104 Å². The van der Waals surface area contributed by atoms with Gasteiger partial charge in [-0.1, -0.05) is 80.9 Å². The van der Waals surface area contributed by atoms with Crippen LogP contribution in [0, 0.1) is 23.2 Å². The minimum atomic E-state index is -2.99. The summed E-state index contributed by atoms with van der Waals surface area (Å²) in [7, 11) is 0. The number of alkyl carbamates (subject to hydrolysis) is 2. The first-order chi connectivity index (χ1) is 30.0. The standard InChI is InChI=1S/C49H71F2N5O8/c1-33(2)25-38(40(57)28-36(21-15-16-23-53-44(61)63-46(3,4)5)43(60)56-31-48(32-56)22-24-52-30-49(48,50)51)54-42(59)37(26-34-17-11-9-12-18-34)29-41(58)39(27-35-19-13-10-14-20-35)55-45(62)64-47(6,7)8/h9-14,17-20,33,36-39,52H,15-16,21-32H2,1-8H3,(H,53,61)(H,54,59)(H,55,62)/t36-,37-,38+,39+/m0/s1. The Balaban J connectivity index is 1.54. The van der Waals surface area contributed by atoms with Crippen molar-refractivity contribution in [1.82, 2.24) is 26.2 Å². The van der Waals surface area contributed by atoms with Crippen LogP contribution in [0.3, 0.4) is 0 Å². The number of carbonyl (C=O) groups excluding carboxylic acids is 6. The Kier molecular flexibility index (Phi) is 18.4. The number of Topliss-reactive ketones (excluding diaryl/α,β-unsaturated/α-hetero) is 2. The lowest BCUT2D eigenvalue weighted by molar-refractivity contribution is -0.207. The third-order valence-corrected chi connectivity index (χ3v) is 11.6. The van der Waals surface area contributed by atoms with Crippen molar-refractivity contribution in [2.75, 3.05) is 32.7 Å². The summed E-state index contributed by atoms with van der Waals surface area (Å²) in [4.78, 5) is 83.8. The fraction of sp³-hybridized carbons (Fsp3) is 0.633. The lowest BCUT2D eigenvalue weighted by Gasteiger charge is -2.56. The van der Waals surface area contributed by atoms with Gasteiger partial charge >= 0.3 is 12.2 Å². The number of piperidine rings is 1. The first kappa shape index (κ1) is 51.7. The van der Waals surface area contributed by atoms with Crippen molar-refractivity contribution in [3.05, 3.63) is 71.8 Å². The first-order valence-corrected chi connectivity index (χ1v) is 22.7. The van der Waals surface area contributed by atoms with E-state index >= 15 is 8.78 Å². The Morgan fingerprint density at radius 3 is 1.84 bits per heavy atom. The largest absolute Gasteiger partial charge is 0.444 e. The van der Waals surface area contributed by atoms with Crippen LogP contribution in [0.4, 0.5) is 18.4 Å². The second kappa shape index (κ2) is 22.8. The maximum atomic E-state index is 15.1. The van der Waals surface area contributed by atoms with Gasteiger partial charge < -0.3 is 35.6 Å². The molecule has 354 valence electrons. The zero-order valence-electron chi connectivity index (χ0n) is 39.0. The third kappa shape index (κ3) is 16.3. The van der Waals surface area contributed by atoms with Gasteiger partial charge in [-0.3, -0.25) is 19.2 Å². The third-order valence-electron chi connectivity index (χ3n) is 11.6. The number of unbranched alkanes of at least 4 members (excludes halogenated alkanes) is 1. The van der Waals surface area contributed by atoms with E-state index in [4.69, 9.17) is 9.47 Å². The van der Waals surface area contributed by atoms with Crippen LogP contribution in [0.25, 0.3) is 0 Å². The van der Waals surface area contributed by atoms with E-state index in [1.54, 1.807) is 41.5 Å². The van der Waals surface area contributed by atoms with Crippen LogP contribution in [0.5, 0.6) is 0 Å². The molecule has 15 heteroatoms. The zero-order chi connectivity index (χ0) is 47.3. The topological polar surface area (TPSA) is 172 Å². The van der Waals surface area contributed by atoms with E-state index in [2.05, 4.69) is 21.3 Å². The van der Waals surface area contributed by atoms with E-state index in [1.165, 1.54) is 4.90 Å². The van der Waals surface area contributed by atoms with E-state index < -0.39 is 82.8 Å².